The predicted octanol–water partition coefficient (Wildman–Crippen LogP) is 18.1. The molecule has 1 heterocycles. The van der Waals surface area contributed by atoms with Crippen molar-refractivity contribution < 1.29 is 0 Å². The summed E-state index contributed by atoms with van der Waals surface area (Å²) in [4.78, 5) is 4.81. The van der Waals surface area contributed by atoms with Crippen LogP contribution in [0, 0.1) is 0 Å². The minimum absolute atomic E-state index is 0.0608. The minimum atomic E-state index is 0.0608. The van der Waals surface area contributed by atoms with Crippen LogP contribution in [0.1, 0.15) is 105 Å². The molecule has 0 unspecified atom stereocenters. The van der Waals surface area contributed by atoms with Crippen LogP contribution in [-0.4, -0.2) is 4.57 Å². The van der Waals surface area contributed by atoms with Crippen LogP contribution in [0.5, 0.6) is 0 Å². The standard InChI is InChI=1S/C62H65N3/c1-59(2,3)44-19-28-49(29-20-44)63(50-30-21-45(22-31-50)60(4,5)6)53-27-18-42-39-56-55-37-36-54(41-58(55)65(48-16-14-13-15-17-48)57(56)40-43(42)38-53)64(51-32-23-46(24-33-51)61(7,8)9)52-34-25-47(26-35-52)62(10,11)12/h13-41H,1-12H3. The fourth-order valence-electron chi connectivity index (χ4n) is 9.21. The van der Waals surface area contributed by atoms with Gasteiger partial charge in [-0.15, -0.1) is 0 Å². The van der Waals surface area contributed by atoms with Crippen molar-refractivity contribution in [3.63, 3.8) is 0 Å². The van der Waals surface area contributed by atoms with Crippen LogP contribution < -0.4 is 9.80 Å². The third-order valence-corrected chi connectivity index (χ3v) is 13.2. The number of para-hydroxylation sites is 1. The molecule has 0 bridgehead atoms. The van der Waals surface area contributed by atoms with Crippen molar-refractivity contribution >= 4 is 66.7 Å². The molecule has 8 aromatic carbocycles. The molecule has 0 atom stereocenters. The minimum Gasteiger partial charge on any atom is -0.310 e. The summed E-state index contributed by atoms with van der Waals surface area (Å²) in [6, 6.07) is 66.1. The maximum Gasteiger partial charge on any atom is 0.0561 e. The zero-order valence-electron chi connectivity index (χ0n) is 40.6. The van der Waals surface area contributed by atoms with E-state index in [9.17, 15) is 0 Å². The zero-order chi connectivity index (χ0) is 46.1. The Morgan fingerprint density at radius 3 is 1.05 bits per heavy atom. The van der Waals surface area contributed by atoms with Gasteiger partial charge in [0.25, 0.3) is 0 Å². The van der Waals surface area contributed by atoms with Crippen molar-refractivity contribution in [1.82, 2.24) is 4.57 Å². The van der Waals surface area contributed by atoms with Crippen molar-refractivity contribution in [3.05, 3.63) is 198 Å². The number of anilines is 6. The van der Waals surface area contributed by atoms with E-state index in [4.69, 9.17) is 0 Å². The Labute approximate surface area is 388 Å². The van der Waals surface area contributed by atoms with E-state index in [-0.39, 0.29) is 21.7 Å². The molecule has 9 rings (SSSR count). The lowest BCUT2D eigenvalue weighted by atomic mass is 9.86. The molecule has 3 heteroatoms. The highest BCUT2D eigenvalue weighted by molar-refractivity contribution is 6.14. The Balaban J connectivity index is 1.23. The van der Waals surface area contributed by atoms with E-state index < -0.39 is 0 Å². The first-order valence-corrected chi connectivity index (χ1v) is 23.3. The van der Waals surface area contributed by atoms with Crippen LogP contribution in [0.2, 0.25) is 0 Å². The molecule has 1 aromatic heterocycles. The number of hydrogen-bond donors (Lipinski definition) is 0. The van der Waals surface area contributed by atoms with Crippen LogP contribution in [0.3, 0.4) is 0 Å². The first-order valence-electron chi connectivity index (χ1n) is 23.3. The molecule has 9 aromatic rings. The molecule has 0 aliphatic heterocycles. The first-order chi connectivity index (χ1) is 30.7. The van der Waals surface area contributed by atoms with Crippen molar-refractivity contribution in [2.45, 2.75) is 105 Å². The van der Waals surface area contributed by atoms with Gasteiger partial charge in [0.1, 0.15) is 0 Å². The van der Waals surface area contributed by atoms with Crippen molar-refractivity contribution in [1.29, 1.82) is 0 Å². The smallest absolute Gasteiger partial charge is 0.0561 e. The number of nitrogens with zero attached hydrogens (tertiary/aromatic N) is 3. The zero-order valence-corrected chi connectivity index (χ0v) is 40.6. The molecule has 0 N–H and O–H groups in total. The van der Waals surface area contributed by atoms with E-state index in [1.807, 2.05) is 0 Å². The topological polar surface area (TPSA) is 11.4 Å². The summed E-state index contributed by atoms with van der Waals surface area (Å²) in [6.07, 6.45) is 0. The Hall–Kier alpha value is -6.58. The molecule has 65 heavy (non-hydrogen) atoms. The highest BCUT2D eigenvalue weighted by Crippen LogP contribution is 2.43. The molecule has 328 valence electrons. The molecule has 0 radical (unpaired) electrons. The van der Waals surface area contributed by atoms with Gasteiger partial charge in [0, 0.05) is 50.6 Å². The van der Waals surface area contributed by atoms with Gasteiger partial charge in [0.05, 0.1) is 11.0 Å². The fourth-order valence-corrected chi connectivity index (χ4v) is 9.21. The summed E-state index contributed by atoms with van der Waals surface area (Å²) >= 11 is 0. The van der Waals surface area contributed by atoms with E-state index in [2.05, 4.69) is 273 Å². The fraction of sp³-hybridized carbons (Fsp3) is 0.258. The summed E-state index contributed by atoms with van der Waals surface area (Å²) in [7, 11) is 0. The van der Waals surface area contributed by atoms with Gasteiger partial charge in [-0.1, -0.05) is 162 Å². The Morgan fingerprint density at radius 1 is 0.292 bits per heavy atom. The Bertz CT molecular complexity index is 3010. The maximum atomic E-state index is 2.46. The predicted molar refractivity (Wildman–Crippen MR) is 282 cm³/mol. The SMILES string of the molecule is CC(C)(C)c1ccc(N(c2ccc(C(C)(C)C)cc2)c2ccc3cc4c5ccc(N(c6ccc(C(C)(C)C)cc6)c6ccc(C(C)(C)C)cc6)cc5n(-c5ccccc5)c4cc3c2)cc1. The number of rotatable bonds is 7. The second-order valence-corrected chi connectivity index (χ2v) is 22.1. The number of fused-ring (bicyclic) bond motifs is 4. The van der Waals surface area contributed by atoms with Crippen molar-refractivity contribution in [2.24, 2.45) is 0 Å². The summed E-state index contributed by atoms with van der Waals surface area (Å²) < 4.78 is 2.46. The van der Waals surface area contributed by atoms with Crippen molar-refractivity contribution in [3.8, 4) is 5.69 Å². The maximum absolute atomic E-state index is 2.46. The van der Waals surface area contributed by atoms with Crippen LogP contribution >= 0.6 is 0 Å². The molecule has 0 fully saturated rings. The molecular weight excluding hydrogens is 787 g/mol. The Morgan fingerprint density at radius 2 is 0.646 bits per heavy atom. The highest BCUT2D eigenvalue weighted by atomic mass is 15.1. The summed E-state index contributed by atoms with van der Waals surface area (Å²) in [6.45, 7) is 27.3. The van der Waals surface area contributed by atoms with Crippen molar-refractivity contribution in [2.75, 3.05) is 9.80 Å². The van der Waals surface area contributed by atoms with E-state index >= 15 is 0 Å². The third kappa shape index (κ3) is 8.57. The van der Waals surface area contributed by atoms with Crippen LogP contribution in [0.4, 0.5) is 34.1 Å². The molecule has 0 saturated heterocycles. The quantitative estimate of drug-likeness (QED) is 0.158. The summed E-state index contributed by atoms with van der Waals surface area (Å²) in [5.41, 5.74) is 15.8. The van der Waals surface area contributed by atoms with Crippen LogP contribution in [-0.2, 0) is 21.7 Å². The van der Waals surface area contributed by atoms with Gasteiger partial charge < -0.3 is 14.4 Å². The number of hydrogen-bond acceptors (Lipinski definition) is 2. The van der Waals surface area contributed by atoms with Crippen LogP contribution in [0.15, 0.2) is 176 Å². The lowest BCUT2D eigenvalue weighted by Crippen LogP contribution is -2.14. The average molecular weight is 852 g/mol. The molecule has 0 aliphatic rings. The van der Waals surface area contributed by atoms with Gasteiger partial charge in [-0.3, -0.25) is 0 Å². The molecule has 0 saturated carbocycles. The number of benzene rings is 8. The average Bonchev–Trinajstić information content (AvgIpc) is 3.58. The molecule has 0 amide bonds. The Kier molecular flexibility index (Phi) is 10.8. The molecule has 0 spiro atoms. The molecule has 0 aliphatic carbocycles. The van der Waals surface area contributed by atoms with E-state index in [0.29, 0.717) is 0 Å². The third-order valence-electron chi connectivity index (χ3n) is 13.2. The monoisotopic (exact) mass is 852 g/mol. The second kappa shape index (κ2) is 16.1. The summed E-state index contributed by atoms with van der Waals surface area (Å²) in [5.74, 6) is 0. The van der Waals surface area contributed by atoms with Crippen LogP contribution in [0.25, 0.3) is 38.3 Å². The summed E-state index contributed by atoms with van der Waals surface area (Å²) in [5, 5.41) is 4.86. The van der Waals surface area contributed by atoms with E-state index in [1.165, 1.54) is 54.8 Å². The highest BCUT2D eigenvalue weighted by Gasteiger charge is 2.23. The lowest BCUT2D eigenvalue weighted by molar-refractivity contribution is 0.590. The van der Waals surface area contributed by atoms with Gasteiger partial charge >= 0.3 is 0 Å². The normalized spacial score (nSPS) is 12.6. The van der Waals surface area contributed by atoms with E-state index in [0.717, 1.165) is 39.8 Å². The number of aromatic nitrogens is 1. The van der Waals surface area contributed by atoms with Gasteiger partial charge in [0.15, 0.2) is 0 Å². The molecule has 3 nitrogen and oxygen atoms in total. The van der Waals surface area contributed by atoms with Gasteiger partial charge in [0.2, 0.25) is 0 Å². The van der Waals surface area contributed by atoms with Gasteiger partial charge in [-0.05, 0) is 152 Å². The van der Waals surface area contributed by atoms with E-state index in [1.54, 1.807) is 0 Å². The van der Waals surface area contributed by atoms with Gasteiger partial charge in [-0.25, -0.2) is 0 Å². The lowest BCUT2D eigenvalue weighted by Gasteiger charge is -2.28. The van der Waals surface area contributed by atoms with Gasteiger partial charge in [-0.2, -0.15) is 0 Å². The first kappa shape index (κ1) is 43.7. The largest absolute Gasteiger partial charge is 0.310 e. The second-order valence-electron chi connectivity index (χ2n) is 22.1. The molecular formula is C62H65N3.